The molecule has 2 aromatic heterocycles. The number of carbonyl (C=O) groups excluding carboxylic acids is 1. The Morgan fingerprint density at radius 3 is 2.47 bits per heavy atom. The summed E-state index contributed by atoms with van der Waals surface area (Å²) in [6.45, 7) is 0. The SMILES string of the molecule is NC(=O)[C@H]1CC[C@@H](n2c(Nc3c(F)cccc3F)nc3cnc(N[C@H]4CCC[C@@H]4O)nc32)CC1. The second-order valence-electron chi connectivity index (χ2n) is 9.09. The molecule has 0 bridgehead atoms. The van der Waals surface area contributed by atoms with Crippen LogP contribution in [-0.4, -0.2) is 42.7 Å². The van der Waals surface area contributed by atoms with Gasteiger partial charge in [0.15, 0.2) is 5.65 Å². The van der Waals surface area contributed by atoms with Crippen LogP contribution in [0, 0.1) is 17.6 Å². The van der Waals surface area contributed by atoms with Gasteiger partial charge in [-0.2, -0.15) is 4.98 Å². The number of anilines is 3. The molecule has 0 unspecified atom stereocenters. The zero-order chi connectivity index (χ0) is 23.8. The fourth-order valence-corrected chi connectivity index (χ4v) is 5.02. The molecule has 1 amide bonds. The van der Waals surface area contributed by atoms with E-state index in [1.807, 2.05) is 4.57 Å². The molecule has 0 spiro atoms. The second kappa shape index (κ2) is 9.13. The summed E-state index contributed by atoms with van der Waals surface area (Å²) in [5.74, 6) is -1.38. The van der Waals surface area contributed by atoms with E-state index in [0.29, 0.717) is 42.8 Å². The van der Waals surface area contributed by atoms with Gasteiger partial charge in [-0.25, -0.2) is 18.7 Å². The number of para-hydroxylation sites is 1. The molecule has 2 aliphatic carbocycles. The van der Waals surface area contributed by atoms with Crippen LogP contribution < -0.4 is 16.4 Å². The van der Waals surface area contributed by atoms with Gasteiger partial charge >= 0.3 is 0 Å². The number of benzene rings is 1. The lowest BCUT2D eigenvalue weighted by atomic mass is 9.85. The van der Waals surface area contributed by atoms with Gasteiger partial charge in [0.1, 0.15) is 22.8 Å². The maximum absolute atomic E-state index is 14.4. The highest BCUT2D eigenvalue weighted by Gasteiger charge is 2.30. The summed E-state index contributed by atoms with van der Waals surface area (Å²) in [6.07, 6.45) is 6.06. The zero-order valence-electron chi connectivity index (χ0n) is 18.5. The van der Waals surface area contributed by atoms with Crippen molar-refractivity contribution in [1.29, 1.82) is 0 Å². The minimum atomic E-state index is -0.736. The van der Waals surface area contributed by atoms with Crippen LogP contribution in [0.25, 0.3) is 11.2 Å². The van der Waals surface area contributed by atoms with Crippen molar-refractivity contribution in [2.45, 2.75) is 63.1 Å². The smallest absolute Gasteiger partial charge is 0.225 e. The van der Waals surface area contributed by atoms with E-state index in [1.165, 1.54) is 18.2 Å². The molecule has 5 rings (SSSR count). The first-order chi connectivity index (χ1) is 16.4. The summed E-state index contributed by atoms with van der Waals surface area (Å²) >= 11 is 0. The summed E-state index contributed by atoms with van der Waals surface area (Å²) in [5, 5.41) is 16.2. The molecule has 3 aromatic rings. The van der Waals surface area contributed by atoms with Gasteiger partial charge in [-0.3, -0.25) is 9.36 Å². The molecular weight excluding hydrogens is 444 g/mol. The van der Waals surface area contributed by atoms with Crippen LogP contribution >= 0.6 is 0 Å². The third-order valence-electron chi connectivity index (χ3n) is 6.89. The number of aliphatic hydroxyl groups is 1. The average Bonchev–Trinajstić information content (AvgIpc) is 3.39. The van der Waals surface area contributed by atoms with E-state index in [1.54, 1.807) is 6.20 Å². The number of halogens is 2. The van der Waals surface area contributed by atoms with Crippen LogP contribution in [0.3, 0.4) is 0 Å². The lowest BCUT2D eigenvalue weighted by molar-refractivity contribution is -0.122. The number of fused-ring (bicyclic) bond motifs is 1. The molecular formula is C23H27F2N7O2. The molecule has 1 aromatic carbocycles. The fourth-order valence-electron chi connectivity index (χ4n) is 5.02. The average molecular weight is 472 g/mol. The number of amides is 1. The van der Waals surface area contributed by atoms with Crippen LogP contribution in [0.15, 0.2) is 24.4 Å². The topological polar surface area (TPSA) is 131 Å². The summed E-state index contributed by atoms with van der Waals surface area (Å²) in [5.41, 5.74) is 6.17. The van der Waals surface area contributed by atoms with Gasteiger partial charge in [-0.05, 0) is 57.1 Å². The lowest BCUT2D eigenvalue weighted by Crippen LogP contribution is -2.29. The van der Waals surface area contributed by atoms with Crippen LogP contribution in [0.4, 0.5) is 26.4 Å². The molecule has 5 N–H and O–H groups in total. The summed E-state index contributed by atoms with van der Waals surface area (Å²) < 4.78 is 30.6. The molecule has 0 radical (unpaired) electrons. The third kappa shape index (κ3) is 4.27. The number of imidazole rings is 1. The number of hydrogen-bond donors (Lipinski definition) is 4. The zero-order valence-corrected chi connectivity index (χ0v) is 18.5. The number of aromatic nitrogens is 4. The van der Waals surface area contributed by atoms with Crippen LogP contribution in [0.2, 0.25) is 0 Å². The molecule has 11 heteroatoms. The number of nitrogens with two attached hydrogens (primary N) is 1. The molecule has 180 valence electrons. The summed E-state index contributed by atoms with van der Waals surface area (Å²) in [6, 6.07) is 3.41. The fraction of sp³-hybridized carbons (Fsp3) is 0.478. The predicted octanol–water partition coefficient (Wildman–Crippen LogP) is 3.39. The number of nitrogens with one attached hydrogen (secondary N) is 2. The molecule has 0 aliphatic heterocycles. The number of hydrogen-bond acceptors (Lipinski definition) is 7. The summed E-state index contributed by atoms with van der Waals surface area (Å²) in [7, 11) is 0. The molecule has 9 nitrogen and oxygen atoms in total. The Morgan fingerprint density at radius 1 is 1.09 bits per heavy atom. The van der Waals surface area contributed by atoms with Gasteiger partial charge in [0.25, 0.3) is 0 Å². The Hall–Kier alpha value is -3.34. The largest absolute Gasteiger partial charge is 0.391 e. The minimum absolute atomic E-state index is 0.0993. The molecule has 2 saturated carbocycles. The minimum Gasteiger partial charge on any atom is -0.391 e. The van der Waals surface area contributed by atoms with Crippen molar-refractivity contribution < 1.29 is 18.7 Å². The highest BCUT2D eigenvalue weighted by atomic mass is 19.1. The Labute approximate surface area is 194 Å². The van der Waals surface area contributed by atoms with Crippen LogP contribution in [0.5, 0.6) is 0 Å². The first-order valence-corrected chi connectivity index (χ1v) is 11.6. The molecule has 2 heterocycles. The van der Waals surface area contributed by atoms with Crippen molar-refractivity contribution in [2.24, 2.45) is 11.7 Å². The number of nitrogens with zero attached hydrogens (tertiary/aromatic N) is 4. The van der Waals surface area contributed by atoms with E-state index < -0.39 is 17.7 Å². The van der Waals surface area contributed by atoms with Gasteiger partial charge < -0.3 is 21.5 Å². The second-order valence-corrected chi connectivity index (χ2v) is 9.09. The van der Waals surface area contributed by atoms with Crippen molar-refractivity contribution in [2.75, 3.05) is 10.6 Å². The monoisotopic (exact) mass is 471 g/mol. The van der Waals surface area contributed by atoms with Crippen molar-refractivity contribution in [1.82, 2.24) is 19.5 Å². The molecule has 2 aliphatic rings. The van der Waals surface area contributed by atoms with Crippen molar-refractivity contribution in [3.05, 3.63) is 36.0 Å². The van der Waals surface area contributed by atoms with Crippen LogP contribution in [-0.2, 0) is 4.79 Å². The predicted molar refractivity (Wildman–Crippen MR) is 122 cm³/mol. The maximum atomic E-state index is 14.4. The van der Waals surface area contributed by atoms with E-state index in [4.69, 9.17) is 5.73 Å². The molecule has 34 heavy (non-hydrogen) atoms. The van der Waals surface area contributed by atoms with E-state index >= 15 is 0 Å². The van der Waals surface area contributed by atoms with Crippen molar-refractivity contribution in [3.8, 4) is 0 Å². The molecule has 0 saturated heterocycles. The Kier molecular flexibility index (Phi) is 6.03. The van der Waals surface area contributed by atoms with E-state index in [0.717, 1.165) is 19.3 Å². The van der Waals surface area contributed by atoms with Gasteiger partial charge in [-0.15, -0.1) is 0 Å². The normalized spacial score (nSPS) is 24.9. The number of rotatable bonds is 6. The molecule has 2 atom stereocenters. The van der Waals surface area contributed by atoms with Crippen molar-refractivity contribution in [3.63, 3.8) is 0 Å². The van der Waals surface area contributed by atoms with Gasteiger partial charge in [-0.1, -0.05) is 6.07 Å². The summed E-state index contributed by atoms with van der Waals surface area (Å²) in [4.78, 5) is 25.2. The van der Waals surface area contributed by atoms with Gasteiger partial charge in [0.05, 0.1) is 18.3 Å². The van der Waals surface area contributed by atoms with Crippen molar-refractivity contribution >= 4 is 34.7 Å². The van der Waals surface area contributed by atoms with E-state index in [9.17, 15) is 18.7 Å². The van der Waals surface area contributed by atoms with E-state index in [-0.39, 0.29) is 35.5 Å². The Morgan fingerprint density at radius 2 is 1.82 bits per heavy atom. The first kappa shape index (κ1) is 22.5. The highest BCUT2D eigenvalue weighted by Crippen LogP contribution is 2.37. The number of carbonyl (C=O) groups is 1. The third-order valence-corrected chi connectivity index (χ3v) is 6.89. The highest BCUT2D eigenvalue weighted by molar-refractivity contribution is 5.78. The van der Waals surface area contributed by atoms with Gasteiger partial charge in [0.2, 0.25) is 17.8 Å². The Bertz CT molecular complexity index is 1190. The quantitative estimate of drug-likeness (QED) is 0.433. The molecule has 2 fully saturated rings. The van der Waals surface area contributed by atoms with Gasteiger partial charge in [0, 0.05) is 12.0 Å². The Balaban J connectivity index is 1.53. The maximum Gasteiger partial charge on any atom is 0.225 e. The van der Waals surface area contributed by atoms with E-state index in [2.05, 4.69) is 25.6 Å². The lowest BCUT2D eigenvalue weighted by Gasteiger charge is -2.29. The van der Waals surface area contributed by atoms with Crippen LogP contribution in [0.1, 0.15) is 51.0 Å². The number of primary amides is 1. The number of aliphatic hydroxyl groups excluding tert-OH is 1. The standard InChI is InChI=1S/C23H27F2N7O2/c24-14-3-1-4-15(25)19(14)30-23-29-17-11-27-22(28-16-5-2-6-18(16)33)31-21(17)32(23)13-9-7-12(8-10-13)20(26)34/h1,3-4,11-13,16,18,33H,2,5-10H2,(H2,26,34)(H,29,30)(H,27,28,31)/t12-,13+,16-,18-/m0/s1. The first-order valence-electron chi connectivity index (χ1n) is 11.6.